The van der Waals surface area contributed by atoms with E-state index in [2.05, 4.69) is 5.32 Å². The summed E-state index contributed by atoms with van der Waals surface area (Å²) in [7, 11) is 0. The molecule has 5 nitrogen and oxygen atoms in total. The fourth-order valence-corrected chi connectivity index (χ4v) is 2.05. The third kappa shape index (κ3) is 6.04. The minimum Gasteiger partial charge on any atom is -0.484 e. The molecule has 0 aliphatic carbocycles. The van der Waals surface area contributed by atoms with Crippen LogP contribution >= 0.6 is 11.6 Å². The SMILES string of the molecule is CCCC[C@H](NC(=O)COc1ccc(Cl)cc1C)C(=O)O. The van der Waals surface area contributed by atoms with Crippen LogP contribution in [0.5, 0.6) is 5.75 Å². The first-order chi connectivity index (χ1) is 9.93. The Labute approximate surface area is 129 Å². The summed E-state index contributed by atoms with van der Waals surface area (Å²) in [6.07, 6.45) is 2.03. The topological polar surface area (TPSA) is 75.6 Å². The molecule has 1 atom stereocenters. The number of ether oxygens (including phenoxy) is 1. The Morgan fingerprint density at radius 3 is 2.71 bits per heavy atom. The molecule has 0 aromatic heterocycles. The number of carbonyl (C=O) groups is 2. The molecule has 0 bridgehead atoms. The van der Waals surface area contributed by atoms with Crippen LogP contribution in [0, 0.1) is 6.92 Å². The van der Waals surface area contributed by atoms with Gasteiger partial charge in [-0.05, 0) is 37.1 Å². The highest BCUT2D eigenvalue weighted by Gasteiger charge is 2.19. The molecule has 0 fully saturated rings. The summed E-state index contributed by atoms with van der Waals surface area (Å²) in [6.45, 7) is 3.56. The number of aryl methyl sites for hydroxylation is 1. The number of carbonyl (C=O) groups excluding carboxylic acids is 1. The first kappa shape index (κ1) is 17.3. The van der Waals surface area contributed by atoms with E-state index in [0.29, 0.717) is 17.2 Å². The third-order valence-electron chi connectivity index (χ3n) is 2.98. The molecular weight excluding hydrogens is 294 g/mol. The zero-order valence-corrected chi connectivity index (χ0v) is 12.9. The van der Waals surface area contributed by atoms with Gasteiger partial charge in [-0.2, -0.15) is 0 Å². The van der Waals surface area contributed by atoms with E-state index in [1.54, 1.807) is 18.2 Å². The second-order valence-electron chi connectivity index (χ2n) is 4.80. The molecule has 116 valence electrons. The van der Waals surface area contributed by atoms with Crippen molar-refractivity contribution in [3.8, 4) is 5.75 Å². The molecule has 0 aliphatic rings. The lowest BCUT2D eigenvalue weighted by Crippen LogP contribution is -2.42. The first-order valence-electron chi connectivity index (χ1n) is 6.85. The van der Waals surface area contributed by atoms with Crippen molar-refractivity contribution >= 4 is 23.5 Å². The predicted molar refractivity (Wildman–Crippen MR) is 80.8 cm³/mol. The molecule has 1 aromatic carbocycles. The molecule has 0 aliphatic heterocycles. The van der Waals surface area contributed by atoms with Crippen LogP contribution < -0.4 is 10.1 Å². The van der Waals surface area contributed by atoms with Gasteiger partial charge in [0.25, 0.3) is 5.91 Å². The highest BCUT2D eigenvalue weighted by molar-refractivity contribution is 6.30. The average Bonchev–Trinajstić information content (AvgIpc) is 2.42. The van der Waals surface area contributed by atoms with Gasteiger partial charge < -0.3 is 15.2 Å². The Hall–Kier alpha value is -1.75. The van der Waals surface area contributed by atoms with Gasteiger partial charge in [0.2, 0.25) is 0 Å². The van der Waals surface area contributed by atoms with Crippen LogP contribution in [0.3, 0.4) is 0 Å². The summed E-state index contributed by atoms with van der Waals surface area (Å²) < 4.78 is 5.38. The Bertz CT molecular complexity index is 504. The summed E-state index contributed by atoms with van der Waals surface area (Å²) in [4.78, 5) is 22.8. The fourth-order valence-electron chi connectivity index (χ4n) is 1.82. The van der Waals surface area contributed by atoms with E-state index < -0.39 is 17.9 Å². The summed E-state index contributed by atoms with van der Waals surface area (Å²) in [6, 6.07) is 4.21. The summed E-state index contributed by atoms with van der Waals surface area (Å²) in [5.74, 6) is -0.928. The van der Waals surface area contributed by atoms with Crippen molar-refractivity contribution in [1.29, 1.82) is 0 Å². The van der Waals surface area contributed by atoms with Crippen molar-refractivity contribution in [1.82, 2.24) is 5.32 Å². The standard InChI is InChI=1S/C15H20ClNO4/c1-3-4-5-12(15(19)20)17-14(18)9-21-13-7-6-11(16)8-10(13)2/h6-8,12H,3-5,9H2,1-2H3,(H,17,18)(H,19,20)/t12-/m0/s1. The number of nitrogens with one attached hydrogen (secondary N) is 1. The van der Waals surface area contributed by atoms with E-state index >= 15 is 0 Å². The molecule has 0 saturated carbocycles. The number of carboxylic acid groups (broad SMARTS) is 1. The molecule has 6 heteroatoms. The van der Waals surface area contributed by atoms with E-state index in [0.717, 1.165) is 18.4 Å². The van der Waals surface area contributed by atoms with Crippen molar-refractivity contribution in [3.05, 3.63) is 28.8 Å². The predicted octanol–water partition coefficient (Wildman–Crippen LogP) is 2.79. The Kier molecular flexibility index (Phi) is 7.02. The maximum absolute atomic E-state index is 11.7. The minimum absolute atomic E-state index is 0.224. The fraction of sp³-hybridized carbons (Fsp3) is 0.467. The van der Waals surface area contributed by atoms with Crippen LogP contribution in [-0.4, -0.2) is 29.6 Å². The van der Waals surface area contributed by atoms with E-state index in [-0.39, 0.29) is 6.61 Å². The van der Waals surface area contributed by atoms with Gasteiger partial charge in [0.15, 0.2) is 6.61 Å². The number of rotatable bonds is 8. The van der Waals surface area contributed by atoms with E-state index in [9.17, 15) is 9.59 Å². The quantitative estimate of drug-likeness (QED) is 0.774. The van der Waals surface area contributed by atoms with E-state index in [1.807, 2.05) is 13.8 Å². The molecule has 0 radical (unpaired) electrons. The highest BCUT2D eigenvalue weighted by Crippen LogP contribution is 2.21. The lowest BCUT2D eigenvalue weighted by atomic mass is 10.1. The third-order valence-corrected chi connectivity index (χ3v) is 3.21. The number of halogens is 1. The molecule has 0 unspecified atom stereocenters. The lowest BCUT2D eigenvalue weighted by Gasteiger charge is -2.15. The van der Waals surface area contributed by atoms with Crippen molar-refractivity contribution in [3.63, 3.8) is 0 Å². The molecule has 1 amide bonds. The van der Waals surface area contributed by atoms with Crippen molar-refractivity contribution in [2.24, 2.45) is 0 Å². The van der Waals surface area contributed by atoms with Gasteiger partial charge in [-0.25, -0.2) is 4.79 Å². The van der Waals surface area contributed by atoms with Gasteiger partial charge in [0, 0.05) is 5.02 Å². The summed E-state index contributed by atoms with van der Waals surface area (Å²) in [5, 5.41) is 12.1. The Morgan fingerprint density at radius 2 is 2.14 bits per heavy atom. The van der Waals surface area contributed by atoms with Crippen LogP contribution in [0.25, 0.3) is 0 Å². The second-order valence-corrected chi connectivity index (χ2v) is 5.24. The molecule has 1 rings (SSSR count). The minimum atomic E-state index is -1.03. The van der Waals surface area contributed by atoms with Crippen LogP contribution in [0.4, 0.5) is 0 Å². The zero-order valence-electron chi connectivity index (χ0n) is 12.2. The Morgan fingerprint density at radius 1 is 1.43 bits per heavy atom. The van der Waals surface area contributed by atoms with Crippen molar-refractivity contribution < 1.29 is 19.4 Å². The molecule has 0 heterocycles. The Balaban J connectivity index is 2.50. The van der Waals surface area contributed by atoms with E-state index in [4.69, 9.17) is 21.4 Å². The molecule has 2 N–H and O–H groups in total. The first-order valence-corrected chi connectivity index (χ1v) is 7.23. The number of aliphatic carboxylic acids is 1. The summed E-state index contributed by atoms with van der Waals surface area (Å²) in [5.41, 5.74) is 0.816. The van der Waals surface area contributed by atoms with Gasteiger partial charge in [-0.1, -0.05) is 31.4 Å². The van der Waals surface area contributed by atoms with Gasteiger partial charge in [0.1, 0.15) is 11.8 Å². The molecule has 1 aromatic rings. The number of hydrogen-bond acceptors (Lipinski definition) is 3. The van der Waals surface area contributed by atoms with Crippen LogP contribution in [0.2, 0.25) is 5.02 Å². The number of carboxylic acids is 1. The van der Waals surface area contributed by atoms with Gasteiger partial charge in [-0.15, -0.1) is 0 Å². The van der Waals surface area contributed by atoms with E-state index in [1.165, 1.54) is 0 Å². The van der Waals surface area contributed by atoms with Gasteiger partial charge in [-0.3, -0.25) is 4.79 Å². The van der Waals surface area contributed by atoms with Crippen LogP contribution in [0.15, 0.2) is 18.2 Å². The zero-order chi connectivity index (χ0) is 15.8. The van der Waals surface area contributed by atoms with Gasteiger partial charge >= 0.3 is 5.97 Å². The molecule has 0 spiro atoms. The van der Waals surface area contributed by atoms with Gasteiger partial charge in [0.05, 0.1) is 0 Å². The average molecular weight is 314 g/mol. The normalized spacial score (nSPS) is 11.8. The molecule has 21 heavy (non-hydrogen) atoms. The number of amides is 1. The maximum Gasteiger partial charge on any atom is 0.326 e. The highest BCUT2D eigenvalue weighted by atomic mass is 35.5. The number of benzene rings is 1. The van der Waals surface area contributed by atoms with Crippen LogP contribution in [0.1, 0.15) is 31.7 Å². The number of hydrogen-bond donors (Lipinski definition) is 2. The maximum atomic E-state index is 11.7. The monoisotopic (exact) mass is 313 g/mol. The second kappa shape index (κ2) is 8.52. The smallest absolute Gasteiger partial charge is 0.326 e. The largest absolute Gasteiger partial charge is 0.484 e. The molecular formula is C15H20ClNO4. The summed E-state index contributed by atoms with van der Waals surface area (Å²) >= 11 is 5.83. The molecule has 0 saturated heterocycles. The van der Waals surface area contributed by atoms with Crippen LogP contribution in [-0.2, 0) is 9.59 Å². The van der Waals surface area contributed by atoms with Crippen molar-refractivity contribution in [2.75, 3.05) is 6.61 Å². The van der Waals surface area contributed by atoms with Crippen molar-refractivity contribution in [2.45, 2.75) is 39.2 Å². The number of unbranched alkanes of at least 4 members (excludes halogenated alkanes) is 1. The lowest BCUT2D eigenvalue weighted by molar-refractivity contribution is -0.142.